The van der Waals surface area contributed by atoms with Crippen molar-refractivity contribution in [2.75, 3.05) is 17.2 Å². The Balaban J connectivity index is 1.10. The van der Waals surface area contributed by atoms with E-state index in [4.69, 9.17) is 0 Å². The fraction of sp³-hybridized carbons (Fsp3) is 0.171. The fourth-order valence-electron chi connectivity index (χ4n) is 5.97. The third-order valence-corrected chi connectivity index (χ3v) is 8.26. The van der Waals surface area contributed by atoms with Crippen LogP contribution in [-0.4, -0.2) is 47.9 Å². The quantitative estimate of drug-likeness (QED) is 0.230. The molecule has 0 saturated carbocycles. The topological polar surface area (TPSA) is 110 Å². The molecule has 11 heteroatoms. The van der Waals surface area contributed by atoms with Crippen molar-refractivity contribution in [1.82, 2.24) is 29.4 Å². The summed E-state index contributed by atoms with van der Waals surface area (Å²) in [5, 5.41) is 14.2. The highest BCUT2D eigenvalue weighted by Crippen LogP contribution is 2.29. The standard InChI is InChI=1S/C35H31FN8O2/c1-22-14-15-27(33(18-22)44-21-25(40-41-44)20-43-23(2)37-31-11-5-6-13-32(31)43)34(45)42-17-16-26-24(19-42)8-7-12-29(26)38-35(46)39-30-10-4-3-9-28(30)36/h3-15,18,21H,16-17,19-20H2,1-2H3,(H2,38,39,46). The molecule has 0 atom stereocenters. The lowest BCUT2D eigenvalue weighted by molar-refractivity contribution is 0.0734. The first-order valence-corrected chi connectivity index (χ1v) is 15.0. The number of imidazole rings is 1. The number of aryl methyl sites for hydroxylation is 2. The van der Waals surface area contributed by atoms with Gasteiger partial charge in [0.25, 0.3) is 5.91 Å². The molecule has 230 valence electrons. The molecule has 2 aromatic heterocycles. The Labute approximate surface area is 264 Å². The fourth-order valence-corrected chi connectivity index (χ4v) is 5.97. The number of halogens is 1. The van der Waals surface area contributed by atoms with Gasteiger partial charge in [0.1, 0.15) is 17.3 Å². The van der Waals surface area contributed by atoms with E-state index in [-0.39, 0.29) is 11.6 Å². The van der Waals surface area contributed by atoms with Crippen molar-refractivity contribution < 1.29 is 14.0 Å². The molecular formula is C35H31FN8O2. The summed E-state index contributed by atoms with van der Waals surface area (Å²) in [5.41, 5.74) is 7.48. The van der Waals surface area contributed by atoms with Gasteiger partial charge in [-0.2, -0.15) is 0 Å². The molecule has 46 heavy (non-hydrogen) atoms. The number of nitrogens with zero attached hydrogens (tertiary/aromatic N) is 6. The molecule has 10 nitrogen and oxygen atoms in total. The predicted octanol–water partition coefficient (Wildman–Crippen LogP) is 6.26. The molecule has 1 aliphatic heterocycles. The first-order valence-electron chi connectivity index (χ1n) is 15.0. The maximum Gasteiger partial charge on any atom is 0.323 e. The Morgan fingerprint density at radius 1 is 0.913 bits per heavy atom. The van der Waals surface area contributed by atoms with Crippen molar-refractivity contribution in [1.29, 1.82) is 0 Å². The lowest BCUT2D eigenvalue weighted by atomic mass is 9.97. The summed E-state index contributed by atoms with van der Waals surface area (Å²) in [5.74, 6) is 0.253. The van der Waals surface area contributed by atoms with Gasteiger partial charge in [0.05, 0.1) is 40.7 Å². The van der Waals surface area contributed by atoms with E-state index in [1.54, 1.807) is 21.7 Å². The summed E-state index contributed by atoms with van der Waals surface area (Å²) in [6.07, 6.45) is 2.40. The minimum Gasteiger partial charge on any atom is -0.334 e. The number of hydrogen-bond acceptors (Lipinski definition) is 5. The summed E-state index contributed by atoms with van der Waals surface area (Å²) in [6, 6.07) is 24.8. The van der Waals surface area contributed by atoms with Crippen LogP contribution in [0.2, 0.25) is 0 Å². The average Bonchev–Trinajstić information content (AvgIpc) is 3.65. The van der Waals surface area contributed by atoms with E-state index in [1.807, 2.05) is 80.7 Å². The smallest absolute Gasteiger partial charge is 0.323 e. The summed E-state index contributed by atoms with van der Waals surface area (Å²) in [7, 11) is 0. The predicted molar refractivity (Wildman–Crippen MR) is 174 cm³/mol. The molecule has 7 rings (SSSR count). The highest BCUT2D eigenvalue weighted by Gasteiger charge is 2.26. The molecule has 1 aliphatic rings. The molecule has 4 aromatic carbocycles. The number of rotatable bonds is 6. The first kappa shape index (κ1) is 28.9. The van der Waals surface area contributed by atoms with Gasteiger partial charge in [0.2, 0.25) is 0 Å². The Morgan fingerprint density at radius 3 is 2.57 bits per heavy atom. The molecule has 0 radical (unpaired) electrons. The number of fused-ring (bicyclic) bond motifs is 2. The zero-order chi connectivity index (χ0) is 31.8. The molecule has 0 spiro atoms. The summed E-state index contributed by atoms with van der Waals surface area (Å²) in [6.45, 7) is 5.28. The zero-order valence-electron chi connectivity index (χ0n) is 25.4. The molecule has 0 bridgehead atoms. The van der Waals surface area contributed by atoms with E-state index in [0.717, 1.165) is 39.2 Å². The number of nitrogens with one attached hydrogen (secondary N) is 2. The summed E-state index contributed by atoms with van der Waals surface area (Å²) in [4.78, 5) is 33.1. The molecule has 2 N–H and O–H groups in total. The molecule has 6 aromatic rings. The van der Waals surface area contributed by atoms with E-state index in [1.165, 1.54) is 12.1 Å². The Morgan fingerprint density at radius 2 is 1.70 bits per heavy atom. The van der Waals surface area contributed by atoms with E-state index in [9.17, 15) is 14.0 Å². The molecule has 0 aliphatic carbocycles. The van der Waals surface area contributed by atoms with Crippen LogP contribution in [0.15, 0.2) is 91.1 Å². The van der Waals surface area contributed by atoms with Crippen LogP contribution >= 0.6 is 0 Å². The van der Waals surface area contributed by atoms with Crippen LogP contribution in [-0.2, 0) is 19.5 Å². The van der Waals surface area contributed by atoms with Crippen LogP contribution in [0, 0.1) is 19.7 Å². The zero-order valence-corrected chi connectivity index (χ0v) is 25.4. The maximum absolute atomic E-state index is 14.0. The van der Waals surface area contributed by atoms with Gasteiger partial charge < -0.3 is 20.1 Å². The van der Waals surface area contributed by atoms with Crippen molar-refractivity contribution in [3.05, 3.63) is 131 Å². The minimum absolute atomic E-state index is 0.0975. The van der Waals surface area contributed by atoms with E-state index >= 15 is 0 Å². The van der Waals surface area contributed by atoms with Gasteiger partial charge in [-0.3, -0.25) is 4.79 Å². The normalized spacial score (nSPS) is 12.6. The van der Waals surface area contributed by atoms with Crippen molar-refractivity contribution >= 4 is 34.3 Å². The highest BCUT2D eigenvalue weighted by atomic mass is 19.1. The van der Waals surface area contributed by atoms with Crippen molar-refractivity contribution in [2.45, 2.75) is 33.4 Å². The molecule has 3 heterocycles. The largest absolute Gasteiger partial charge is 0.334 e. The van der Waals surface area contributed by atoms with Gasteiger partial charge in [-0.15, -0.1) is 5.10 Å². The van der Waals surface area contributed by atoms with Crippen molar-refractivity contribution in [3.8, 4) is 5.69 Å². The molecule has 3 amide bonds. The second kappa shape index (κ2) is 11.9. The maximum atomic E-state index is 14.0. The number of urea groups is 1. The van der Waals surface area contributed by atoms with Gasteiger partial charge in [-0.1, -0.05) is 47.7 Å². The molecule has 0 unspecified atom stereocenters. The second-order valence-electron chi connectivity index (χ2n) is 11.4. The molecule has 0 fully saturated rings. The number of para-hydroxylation sites is 3. The number of carbonyl (C=O) groups is 2. The first-order chi connectivity index (χ1) is 22.3. The Kier molecular flexibility index (Phi) is 7.49. The SMILES string of the molecule is Cc1ccc(C(=O)N2CCc3c(cccc3NC(=O)Nc3ccccc3F)C2)c(-n2cc(Cn3c(C)nc4ccccc43)nn2)c1. The van der Waals surface area contributed by atoms with Crippen LogP contribution in [0.1, 0.15) is 38.6 Å². The van der Waals surface area contributed by atoms with E-state index in [0.29, 0.717) is 43.0 Å². The van der Waals surface area contributed by atoms with Gasteiger partial charge in [0, 0.05) is 18.8 Å². The summed E-state index contributed by atoms with van der Waals surface area (Å²) >= 11 is 0. The van der Waals surface area contributed by atoms with E-state index in [2.05, 4.69) is 30.5 Å². The number of aromatic nitrogens is 5. The van der Waals surface area contributed by atoms with Crippen molar-refractivity contribution in [3.63, 3.8) is 0 Å². The Hall–Kier alpha value is -5.84. The molecule has 0 saturated heterocycles. The second-order valence-corrected chi connectivity index (χ2v) is 11.4. The minimum atomic E-state index is -0.537. The van der Waals surface area contributed by atoms with Crippen LogP contribution in [0.5, 0.6) is 0 Å². The number of carbonyl (C=O) groups excluding carboxylic acids is 2. The summed E-state index contributed by atoms with van der Waals surface area (Å²) < 4.78 is 17.8. The van der Waals surface area contributed by atoms with Gasteiger partial charge in [0.15, 0.2) is 0 Å². The van der Waals surface area contributed by atoms with Crippen LogP contribution < -0.4 is 10.6 Å². The van der Waals surface area contributed by atoms with Gasteiger partial charge in [-0.05, 0) is 79.4 Å². The van der Waals surface area contributed by atoms with Gasteiger partial charge in [-0.25, -0.2) is 18.9 Å². The number of amides is 3. The molecular weight excluding hydrogens is 583 g/mol. The van der Waals surface area contributed by atoms with Crippen LogP contribution in [0.3, 0.4) is 0 Å². The lowest BCUT2D eigenvalue weighted by Crippen LogP contribution is -2.37. The van der Waals surface area contributed by atoms with Crippen LogP contribution in [0.4, 0.5) is 20.6 Å². The number of anilines is 2. The average molecular weight is 615 g/mol. The van der Waals surface area contributed by atoms with Crippen molar-refractivity contribution in [2.24, 2.45) is 0 Å². The third-order valence-electron chi connectivity index (χ3n) is 8.26. The Bertz CT molecular complexity index is 2120. The van der Waals surface area contributed by atoms with E-state index < -0.39 is 11.8 Å². The highest BCUT2D eigenvalue weighted by molar-refractivity contribution is 6.01. The van der Waals surface area contributed by atoms with Gasteiger partial charge >= 0.3 is 6.03 Å². The number of hydrogen-bond donors (Lipinski definition) is 2. The lowest BCUT2D eigenvalue weighted by Gasteiger charge is -2.30. The third kappa shape index (κ3) is 5.58. The monoisotopic (exact) mass is 614 g/mol. The number of benzene rings is 4. The van der Waals surface area contributed by atoms with Crippen LogP contribution in [0.25, 0.3) is 16.7 Å².